The summed E-state index contributed by atoms with van der Waals surface area (Å²) in [4.78, 5) is 12.6. The van der Waals surface area contributed by atoms with Crippen LogP contribution in [-0.4, -0.2) is 36.4 Å². The van der Waals surface area contributed by atoms with E-state index >= 15 is 0 Å². The van der Waals surface area contributed by atoms with Crippen LogP contribution >= 0.6 is 11.3 Å². The van der Waals surface area contributed by atoms with Crippen molar-refractivity contribution in [3.8, 4) is 27.8 Å². The molecule has 0 radical (unpaired) electrons. The number of aromatic nitrogens is 2. The molecule has 0 bridgehead atoms. The monoisotopic (exact) mass is 369 g/mol. The quantitative estimate of drug-likeness (QED) is 0.760. The first-order valence-electron chi connectivity index (χ1n) is 7.92. The maximum absolute atomic E-state index is 12.6. The normalized spacial score (nSPS) is 12.5. The molecule has 0 saturated carbocycles. The van der Waals surface area contributed by atoms with Crippen LogP contribution in [0.3, 0.4) is 0 Å². The standard InChI is InChI=1S/C18H15N3O4S/c1-23-13-9-12(10-14-15(13)25-8-7-24-14)16(22)19-18-21-20-17(26-18)11-5-3-2-4-6-11/h2-6,9-10H,7-8H2,1H3,(H,19,21,22). The number of ether oxygens (including phenoxy) is 3. The highest BCUT2D eigenvalue weighted by Gasteiger charge is 2.21. The number of hydrogen-bond donors (Lipinski definition) is 1. The summed E-state index contributed by atoms with van der Waals surface area (Å²) in [5, 5.41) is 12.1. The van der Waals surface area contributed by atoms with Crippen molar-refractivity contribution in [2.45, 2.75) is 0 Å². The molecule has 132 valence electrons. The Kier molecular flexibility index (Phi) is 4.40. The Morgan fingerprint density at radius 3 is 2.77 bits per heavy atom. The molecule has 7 nitrogen and oxygen atoms in total. The van der Waals surface area contributed by atoms with Crippen molar-refractivity contribution < 1.29 is 19.0 Å². The van der Waals surface area contributed by atoms with Gasteiger partial charge in [0.1, 0.15) is 18.2 Å². The van der Waals surface area contributed by atoms with Gasteiger partial charge in [0.05, 0.1) is 7.11 Å². The number of amides is 1. The summed E-state index contributed by atoms with van der Waals surface area (Å²) < 4.78 is 16.4. The number of carbonyl (C=O) groups excluding carboxylic acids is 1. The summed E-state index contributed by atoms with van der Waals surface area (Å²) in [6.45, 7) is 0.875. The van der Waals surface area contributed by atoms with Crippen LogP contribution in [0, 0.1) is 0 Å². The third kappa shape index (κ3) is 3.18. The predicted molar refractivity (Wildman–Crippen MR) is 97.3 cm³/mol. The molecule has 1 amide bonds. The van der Waals surface area contributed by atoms with E-state index in [0.717, 1.165) is 10.6 Å². The smallest absolute Gasteiger partial charge is 0.257 e. The Morgan fingerprint density at radius 1 is 1.15 bits per heavy atom. The van der Waals surface area contributed by atoms with Crippen LogP contribution < -0.4 is 19.5 Å². The van der Waals surface area contributed by atoms with Crippen LogP contribution in [0.15, 0.2) is 42.5 Å². The summed E-state index contributed by atoms with van der Waals surface area (Å²) in [6, 6.07) is 12.9. The van der Waals surface area contributed by atoms with E-state index in [0.29, 0.717) is 41.2 Å². The van der Waals surface area contributed by atoms with Crippen LogP contribution in [0.5, 0.6) is 17.2 Å². The highest BCUT2D eigenvalue weighted by molar-refractivity contribution is 7.18. The third-order valence-corrected chi connectivity index (χ3v) is 4.64. The van der Waals surface area contributed by atoms with E-state index in [-0.39, 0.29) is 5.91 Å². The molecule has 2 aromatic carbocycles. The molecule has 0 spiro atoms. The summed E-state index contributed by atoms with van der Waals surface area (Å²) >= 11 is 1.31. The zero-order valence-corrected chi connectivity index (χ0v) is 14.7. The van der Waals surface area contributed by atoms with Gasteiger partial charge in [-0.25, -0.2) is 0 Å². The third-order valence-electron chi connectivity index (χ3n) is 3.76. The maximum Gasteiger partial charge on any atom is 0.257 e. The van der Waals surface area contributed by atoms with Crippen molar-refractivity contribution in [2.75, 3.05) is 25.6 Å². The fraction of sp³-hybridized carbons (Fsp3) is 0.167. The summed E-state index contributed by atoms with van der Waals surface area (Å²) in [6.07, 6.45) is 0. The minimum absolute atomic E-state index is 0.323. The van der Waals surface area contributed by atoms with Crippen molar-refractivity contribution in [3.63, 3.8) is 0 Å². The molecule has 0 unspecified atom stereocenters. The number of benzene rings is 2. The molecular weight excluding hydrogens is 354 g/mol. The number of nitrogens with one attached hydrogen (secondary N) is 1. The maximum atomic E-state index is 12.6. The van der Waals surface area contributed by atoms with Gasteiger partial charge in [-0.1, -0.05) is 41.7 Å². The fourth-order valence-electron chi connectivity index (χ4n) is 2.54. The van der Waals surface area contributed by atoms with Crippen LogP contribution in [-0.2, 0) is 0 Å². The summed E-state index contributed by atoms with van der Waals surface area (Å²) in [5.74, 6) is 1.13. The summed E-state index contributed by atoms with van der Waals surface area (Å²) in [7, 11) is 1.52. The van der Waals surface area contributed by atoms with Gasteiger partial charge in [-0.2, -0.15) is 0 Å². The lowest BCUT2D eigenvalue weighted by Gasteiger charge is -2.21. The Bertz CT molecular complexity index is 926. The van der Waals surface area contributed by atoms with Gasteiger partial charge in [-0.15, -0.1) is 10.2 Å². The lowest BCUT2D eigenvalue weighted by atomic mass is 10.1. The minimum atomic E-state index is -0.323. The second-order valence-corrected chi connectivity index (χ2v) is 6.41. The zero-order chi connectivity index (χ0) is 17.9. The first-order chi connectivity index (χ1) is 12.7. The lowest BCUT2D eigenvalue weighted by molar-refractivity contribution is 0.102. The fourth-order valence-corrected chi connectivity index (χ4v) is 3.29. The van der Waals surface area contributed by atoms with E-state index < -0.39 is 0 Å². The highest BCUT2D eigenvalue weighted by atomic mass is 32.1. The summed E-state index contributed by atoms with van der Waals surface area (Å²) in [5.41, 5.74) is 1.34. The molecule has 1 aliphatic rings. The molecule has 1 N–H and O–H groups in total. The van der Waals surface area contributed by atoms with Gasteiger partial charge in [0.15, 0.2) is 11.5 Å². The van der Waals surface area contributed by atoms with Crippen LogP contribution in [0.4, 0.5) is 5.13 Å². The number of hydrogen-bond acceptors (Lipinski definition) is 7. The van der Waals surface area contributed by atoms with Gasteiger partial charge in [0.25, 0.3) is 5.91 Å². The SMILES string of the molecule is COc1cc(C(=O)Nc2nnc(-c3ccccc3)s2)cc2c1OCCO2. The Hall–Kier alpha value is -3.13. The minimum Gasteiger partial charge on any atom is -0.493 e. The average molecular weight is 369 g/mol. The van der Waals surface area contributed by atoms with E-state index in [1.807, 2.05) is 30.3 Å². The Labute approximate surface area is 153 Å². The van der Waals surface area contributed by atoms with Gasteiger partial charge in [-0.05, 0) is 12.1 Å². The van der Waals surface area contributed by atoms with Crippen molar-refractivity contribution in [1.29, 1.82) is 0 Å². The molecule has 0 saturated heterocycles. The van der Waals surface area contributed by atoms with Gasteiger partial charge in [0.2, 0.25) is 10.9 Å². The van der Waals surface area contributed by atoms with Gasteiger partial charge < -0.3 is 14.2 Å². The first kappa shape index (κ1) is 16.3. The second kappa shape index (κ2) is 7.01. The van der Waals surface area contributed by atoms with E-state index in [9.17, 15) is 4.79 Å². The van der Waals surface area contributed by atoms with Crippen molar-refractivity contribution >= 4 is 22.4 Å². The van der Waals surface area contributed by atoms with Crippen LogP contribution in [0.1, 0.15) is 10.4 Å². The number of anilines is 1. The molecule has 8 heteroatoms. The molecule has 0 fully saturated rings. The number of nitrogens with zero attached hydrogens (tertiary/aromatic N) is 2. The van der Waals surface area contributed by atoms with E-state index in [1.54, 1.807) is 12.1 Å². The molecule has 26 heavy (non-hydrogen) atoms. The average Bonchev–Trinajstić information content (AvgIpc) is 3.16. The van der Waals surface area contributed by atoms with E-state index in [2.05, 4.69) is 15.5 Å². The predicted octanol–water partition coefficient (Wildman–Crippen LogP) is 3.24. The number of carbonyl (C=O) groups is 1. The van der Waals surface area contributed by atoms with Gasteiger partial charge in [0, 0.05) is 11.1 Å². The van der Waals surface area contributed by atoms with E-state index in [1.165, 1.54) is 18.4 Å². The largest absolute Gasteiger partial charge is 0.493 e. The number of methoxy groups -OCH3 is 1. The van der Waals surface area contributed by atoms with Crippen molar-refractivity contribution in [1.82, 2.24) is 10.2 Å². The molecule has 2 heterocycles. The lowest BCUT2D eigenvalue weighted by Crippen LogP contribution is -2.18. The molecule has 1 aromatic heterocycles. The van der Waals surface area contributed by atoms with Gasteiger partial charge >= 0.3 is 0 Å². The Balaban J connectivity index is 1.56. The molecule has 4 rings (SSSR count). The van der Waals surface area contributed by atoms with Crippen LogP contribution in [0.25, 0.3) is 10.6 Å². The number of fused-ring (bicyclic) bond motifs is 1. The molecule has 0 aliphatic carbocycles. The van der Waals surface area contributed by atoms with Gasteiger partial charge in [-0.3, -0.25) is 10.1 Å². The Morgan fingerprint density at radius 2 is 1.96 bits per heavy atom. The topological polar surface area (TPSA) is 82.6 Å². The van der Waals surface area contributed by atoms with Crippen molar-refractivity contribution in [2.24, 2.45) is 0 Å². The highest BCUT2D eigenvalue weighted by Crippen LogP contribution is 2.40. The van der Waals surface area contributed by atoms with Crippen molar-refractivity contribution in [3.05, 3.63) is 48.0 Å². The molecular formula is C18H15N3O4S. The zero-order valence-electron chi connectivity index (χ0n) is 13.9. The molecule has 1 aliphatic heterocycles. The van der Waals surface area contributed by atoms with Crippen LogP contribution in [0.2, 0.25) is 0 Å². The number of rotatable bonds is 4. The molecule has 0 atom stereocenters. The second-order valence-electron chi connectivity index (χ2n) is 5.44. The molecule has 3 aromatic rings. The van der Waals surface area contributed by atoms with E-state index in [4.69, 9.17) is 14.2 Å². The first-order valence-corrected chi connectivity index (χ1v) is 8.74.